The number of thioether (sulfide) groups is 1. The number of aromatic nitrogens is 3. The van der Waals surface area contributed by atoms with Crippen molar-refractivity contribution in [1.82, 2.24) is 14.5 Å². The fourth-order valence-corrected chi connectivity index (χ4v) is 3.69. The summed E-state index contributed by atoms with van der Waals surface area (Å²) in [6.07, 6.45) is 1.61. The molecule has 3 aromatic rings. The highest BCUT2D eigenvalue weighted by Gasteiger charge is 2.13. The maximum absolute atomic E-state index is 12.1. The average molecular weight is 363 g/mol. The lowest BCUT2D eigenvalue weighted by Gasteiger charge is -2.13. The van der Waals surface area contributed by atoms with Crippen LogP contribution in [0.3, 0.4) is 0 Å². The van der Waals surface area contributed by atoms with Crippen LogP contribution in [0, 0.1) is 5.92 Å². The van der Waals surface area contributed by atoms with Crippen molar-refractivity contribution >= 4 is 23.1 Å². The first kappa shape index (κ1) is 16.8. The number of oxazole rings is 1. The average Bonchev–Trinajstić information content (AvgIpc) is 3.18. The van der Waals surface area contributed by atoms with E-state index >= 15 is 0 Å². The minimum Gasteiger partial charge on any atom is -0.493 e. The largest absolute Gasteiger partial charge is 0.493 e. The molecule has 3 heterocycles. The van der Waals surface area contributed by atoms with Crippen molar-refractivity contribution in [2.45, 2.75) is 31.3 Å². The van der Waals surface area contributed by atoms with Crippen molar-refractivity contribution in [3.8, 4) is 16.6 Å². The number of nitrogens with zero attached hydrogens (tertiary/aromatic N) is 3. The van der Waals surface area contributed by atoms with Crippen molar-refractivity contribution in [1.29, 1.82) is 0 Å². The zero-order chi connectivity index (χ0) is 17.1. The Bertz CT molecular complexity index is 869. The fourth-order valence-electron chi connectivity index (χ4n) is 2.14. The van der Waals surface area contributed by atoms with Crippen molar-refractivity contribution in [3.05, 3.63) is 45.9 Å². The van der Waals surface area contributed by atoms with Gasteiger partial charge >= 0.3 is 0 Å². The summed E-state index contributed by atoms with van der Waals surface area (Å²) in [7, 11) is 0. The van der Waals surface area contributed by atoms with Crippen LogP contribution >= 0.6 is 23.1 Å². The lowest BCUT2D eigenvalue weighted by Crippen LogP contribution is -2.24. The smallest absolute Gasteiger partial charge is 0.257 e. The lowest BCUT2D eigenvalue weighted by atomic mass is 10.2. The molecule has 0 fully saturated rings. The summed E-state index contributed by atoms with van der Waals surface area (Å²) in [5.74, 6) is 1.12. The molecule has 0 aliphatic carbocycles. The summed E-state index contributed by atoms with van der Waals surface area (Å²) >= 11 is 2.92. The zero-order valence-electron chi connectivity index (χ0n) is 13.3. The lowest BCUT2D eigenvalue weighted by molar-refractivity contribution is 0.416. The number of rotatable bonds is 6. The Kier molecular flexibility index (Phi) is 5.06. The minimum absolute atomic E-state index is 0.252. The van der Waals surface area contributed by atoms with Crippen molar-refractivity contribution in [3.63, 3.8) is 0 Å². The van der Waals surface area contributed by atoms with E-state index in [0.717, 1.165) is 16.6 Å². The van der Waals surface area contributed by atoms with Crippen molar-refractivity contribution in [2.75, 3.05) is 0 Å². The van der Waals surface area contributed by atoms with Gasteiger partial charge < -0.3 is 9.52 Å². The fraction of sp³-hybridized carbons (Fsp3) is 0.312. The maximum atomic E-state index is 12.1. The maximum Gasteiger partial charge on any atom is 0.257 e. The summed E-state index contributed by atoms with van der Waals surface area (Å²) < 4.78 is 7.07. The predicted octanol–water partition coefficient (Wildman–Crippen LogP) is 3.61. The van der Waals surface area contributed by atoms with Crippen LogP contribution in [0.1, 0.15) is 19.5 Å². The van der Waals surface area contributed by atoms with Crippen LogP contribution in [0.4, 0.5) is 0 Å². The first-order valence-corrected chi connectivity index (χ1v) is 9.31. The van der Waals surface area contributed by atoms with Gasteiger partial charge in [-0.3, -0.25) is 9.36 Å². The van der Waals surface area contributed by atoms with Crippen LogP contribution in [-0.2, 0) is 12.3 Å². The number of aromatic hydroxyl groups is 1. The third-order valence-electron chi connectivity index (χ3n) is 3.14. The standard InChI is InChI=1S/C16H17N3O3S2/c1-10(2)7-19-14(21)6-13(20)18-16(19)24-9-11-8-22-15(17-11)12-4-3-5-23-12/h3-6,8,10,20H,7,9H2,1-2H3. The van der Waals surface area contributed by atoms with Crippen LogP contribution in [0.15, 0.2) is 44.2 Å². The van der Waals surface area contributed by atoms with E-state index in [1.165, 1.54) is 11.8 Å². The van der Waals surface area contributed by atoms with Crippen LogP contribution in [0.5, 0.6) is 5.88 Å². The van der Waals surface area contributed by atoms with E-state index in [-0.39, 0.29) is 11.4 Å². The third kappa shape index (κ3) is 3.88. The van der Waals surface area contributed by atoms with Gasteiger partial charge in [0.05, 0.1) is 16.6 Å². The van der Waals surface area contributed by atoms with Crippen LogP contribution in [-0.4, -0.2) is 19.6 Å². The third-order valence-corrected chi connectivity index (χ3v) is 5.01. The van der Waals surface area contributed by atoms with Gasteiger partial charge in [-0.05, 0) is 17.4 Å². The highest BCUT2D eigenvalue weighted by molar-refractivity contribution is 7.98. The van der Waals surface area contributed by atoms with Crippen molar-refractivity contribution in [2.24, 2.45) is 5.92 Å². The first-order chi connectivity index (χ1) is 11.5. The van der Waals surface area contributed by atoms with Gasteiger partial charge in [-0.1, -0.05) is 31.7 Å². The van der Waals surface area contributed by atoms with E-state index in [4.69, 9.17) is 4.42 Å². The monoisotopic (exact) mass is 363 g/mol. The van der Waals surface area contributed by atoms with Gasteiger partial charge in [-0.25, -0.2) is 4.98 Å². The number of thiophene rings is 1. The molecule has 0 bridgehead atoms. The Labute approximate surface area is 147 Å². The molecule has 0 aliphatic rings. The molecule has 0 amide bonds. The Morgan fingerprint density at radius 2 is 2.25 bits per heavy atom. The van der Waals surface area contributed by atoms with Gasteiger partial charge in [-0.15, -0.1) is 11.3 Å². The number of hydrogen-bond donors (Lipinski definition) is 1. The van der Waals surface area contributed by atoms with Gasteiger partial charge in [0.2, 0.25) is 11.8 Å². The van der Waals surface area contributed by atoms with E-state index in [1.807, 2.05) is 31.4 Å². The molecule has 0 atom stereocenters. The second-order valence-corrected chi connectivity index (χ2v) is 7.54. The predicted molar refractivity (Wildman–Crippen MR) is 94.4 cm³/mol. The molecule has 0 aromatic carbocycles. The Hall–Kier alpha value is -2.06. The summed E-state index contributed by atoms with van der Waals surface area (Å²) in [5.41, 5.74) is 0.509. The summed E-state index contributed by atoms with van der Waals surface area (Å²) in [6, 6.07) is 5.03. The number of hydrogen-bond acceptors (Lipinski definition) is 7. The molecular weight excluding hydrogens is 346 g/mol. The molecule has 0 unspecified atom stereocenters. The van der Waals surface area contributed by atoms with Crippen LogP contribution in [0.25, 0.3) is 10.8 Å². The molecule has 3 aromatic heterocycles. The molecule has 6 nitrogen and oxygen atoms in total. The van der Waals surface area contributed by atoms with E-state index in [0.29, 0.717) is 29.3 Å². The zero-order valence-corrected chi connectivity index (χ0v) is 14.9. The second-order valence-electron chi connectivity index (χ2n) is 5.65. The molecule has 8 heteroatoms. The summed E-state index contributed by atoms with van der Waals surface area (Å²) in [5, 5.41) is 12.1. The molecule has 126 valence electrons. The van der Waals surface area contributed by atoms with E-state index in [9.17, 15) is 9.90 Å². The SMILES string of the molecule is CC(C)Cn1c(SCc2coc(-c3cccs3)n2)nc(O)cc1=O. The van der Waals surface area contributed by atoms with Crippen molar-refractivity contribution < 1.29 is 9.52 Å². The van der Waals surface area contributed by atoms with E-state index in [2.05, 4.69) is 9.97 Å². The van der Waals surface area contributed by atoms with E-state index in [1.54, 1.807) is 22.2 Å². The topological polar surface area (TPSA) is 81.2 Å². The summed E-state index contributed by atoms with van der Waals surface area (Å²) in [4.78, 5) is 21.6. The van der Waals surface area contributed by atoms with Crippen LogP contribution < -0.4 is 5.56 Å². The molecule has 1 N–H and O–H groups in total. The first-order valence-electron chi connectivity index (χ1n) is 7.45. The molecule has 0 spiro atoms. The molecule has 24 heavy (non-hydrogen) atoms. The highest BCUT2D eigenvalue weighted by Crippen LogP contribution is 2.27. The van der Waals surface area contributed by atoms with Gasteiger partial charge in [0.25, 0.3) is 5.56 Å². The molecule has 0 saturated heterocycles. The normalized spacial score (nSPS) is 11.3. The Morgan fingerprint density at radius 3 is 2.96 bits per heavy atom. The second kappa shape index (κ2) is 7.23. The minimum atomic E-state index is -0.262. The Morgan fingerprint density at radius 1 is 1.42 bits per heavy atom. The Balaban J connectivity index is 1.78. The highest BCUT2D eigenvalue weighted by atomic mass is 32.2. The molecule has 3 rings (SSSR count). The molecule has 0 aliphatic heterocycles. The molecule has 0 radical (unpaired) electrons. The van der Waals surface area contributed by atoms with E-state index < -0.39 is 0 Å². The van der Waals surface area contributed by atoms with Gasteiger partial charge in [0.15, 0.2) is 5.16 Å². The van der Waals surface area contributed by atoms with Gasteiger partial charge in [-0.2, -0.15) is 4.98 Å². The van der Waals surface area contributed by atoms with Crippen LogP contribution in [0.2, 0.25) is 0 Å². The quantitative estimate of drug-likeness (QED) is 0.532. The summed E-state index contributed by atoms with van der Waals surface area (Å²) in [6.45, 7) is 4.60. The van der Waals surface area contributed by atoms with Gasteiger partial charge in [0, 0.05) is 12.3 Å². The van der Waals surface area contributed by atoms with Gasteiger partial charge in [0.1, 0.15) is 6.26 Å². The molecule has 0 saturated carbocycles. The molecular formula is C16H17N3O3S2.